The minimum atomic E-state index is -0.167. The molecule has 0 fully saturated rings. The molecule has 0 atom stereocenters. The predicted molar refractivity (Wildman–Crippen MR) is 62.4 cm³/mol. The molecular formula is C14H15F. The average molecular weight is 202 g/mol. The largest absolute Gasteiger partial charge is 0.207 e. The molecule has 78 valence electrons. The lowest BCUT2D eigenvalue weighted by molar-refractivity contribution is 0.629. The van der Waals surface area contributed by atoms with E-state index in [-0.39, 0.29) is 5.82 Å². The van der Waals surface area contributed by atoms with Crippen molar-refractivity contribution in [3.63, 3.8) is 0 Å². The van der Waals surface area contributed by atoms with Crippen molar-refractivity contribution in [3.8, 4) is 0 Å². The molecule has 0 spiro atoms. The maximum absolute atomic E-state index is 12.9. The van der Waals surface area contributed by atoms with Crippen molar-refractivity contribution >= 4 is 10.8 Å². The van der Waals surface area contributed by atoms with Crippen LogP contribution in [0.15, 0.2) is 36.4 Å². The molecule has 0 aliphatic carbocycles. The first-order valence-electron chi connectivity index (χ1n) is 5.33. The summed E-state index contributed by atoms with van der Waals surface area (Å²) in [6.07, 6.45) is 1.08. The van der Waals surface area contributed by atoms with E-state index in [1.54, 1.807) is 6.07 Å². The van der Waals surface area contributed by atoms with E-state index in [0.717, 1.165) is 17.2 Å². The van der Waals surface area contributed by atoms with Crippen LogP contribution in [0.1, 0.15) is 19.4 Å². The number of hydrogen-bond acceptors (Lipinski definition) is 0. The van der Waals surface area contributed by atoms with Crippen molar-refractivity contribution in [2.75, 3.05) is 0 Å². The quantitative estimate of drug-likeness (QED) is 0.685. The Labute approximate surface area is 89.7 Å². The van der Waals surface area contributed by atoms with Gasteiger partial charge < -0.3 is 0 Å². The summed E-state index contributed by atoms with van der Waals surface area (Å²) in [5.41, 5.74) is 1.32. The number of benzene rings is 2. The van der Waals surface area contributed by atoms with Gasteiger partial charge in [0.25, 0.3) is 0 Å². The van der Waals surface area contributed by atoms with Gasteiger partial charge in [0.2, 0.25) is 0 Å². The second kappa shape index (κ2) is 4.01. The van der Waals surface area contributed by atoms with Gasteiger partial charge >= 0.3 is 0 Å². The second-order valence-electron chi connectivity index (χ2n) is 4.42. The molecule has 0 radical (unpaired) electrons. The van der Waals surface area contributed by atoms with Gasteiger partial charge in [-0.3, -0.25) is 0 Å². The van der Waals surface area contributed by atoms with E-state index in [0.29, 0.717) is 5.92 Å². The zero-order chi connectivity index (χ0) is 10.8. The Bertz CT molecular complexity index is 472. The van der Waals surface area contributed by atoms with Crippen LogP contribution in [-0.2, 0) is 6.42 Å². The molecule has 0 aliphatic heterocycles. The van der Waals surface area contributed by atoms with Crippen molar-refractivity contribution in [1.29, 1.82) is 0 Å². The fourth-order valence-corrected chi connectivity index (χ4v) is 1.86. The molecule has 0 bridgehead atoms. The highest BCUT2D eigenvalue weighted by Crippen LogP contribution is 2.19. The highest BCUT2D eigenvalue weighted by molar-refractivity contribution is 5.83. The topological polar surface area (TPSA) is 0 Å². The Morgan fingerprint density at radius 1 is 1.00 bits per heavy atom. The number of halogens is 1. The van der Waals surface area contributed by atoms with Crippen LogP contribution in [0, 0.1) is 11.7 Å². The summed E-state index contributed by atoms with van der Waals surface area (Å²) in [4.78, 5) is 0. The van der Waals surface area contributed by atoms with Gasteiger partial charge in [0, 0.05) is 0 Å². The summed E-state index contributed by atoms with van der Waals surface area (Å²) in [6.45, 7) is 4.41. The van der Waals surface area contributed by atoms with E-state index in [2.05, 4.69) is 26.0 Å². The fourth-order valence-electron chi connectivity index (χ4n) is 1.86. The third-order valence-electron chi connectivity index (χ3n) is 2.51. The molecule has 0 N–H and O–H groups in total. The predicted octanol–water partition coefficient (Wildman–Crippen LogP) is 4.18. The Balaban J connectivity index is 2.43. The van der Waals surface area contributed by atoms with Crippen LogP contribution >= 0.6 is 0 Å². The number of hydrogen-bond donors (Lipinski definition) is 0. The molecule has 2 aromatic carbocycles. The first-order valence-corrected chi connectivity index (χ1v) is 5.33. The van der Waals surface area contributed by atoms with Crippen LogP contribution in [0.5, 0.6) is 0 Å². The number of rotatable bonds is 2. The van der Waals surface area contributed by atoms with Gasteiger partial charge in [0.1, 0.15) is 5.82 Å². The van der Waals surface area contributed by atoms with Crippen molar-refractivity contribution in [2.24, 2.45) is 5.92 Å². The monoisotopic (exact) mass is 202 g/mol. The summed E-state index contributed by atoms with van der Waals surface area (Å²) in [5.74, 6) is 0.488. The fraction of sp³-hybridized carbons (Fsp3) is 0.286. The smallest absolute Gasteiger partial charge is 0.123 e. The zero-order valence-corrected chi connectivity index (χ0v) is 9.13. The lowest BCUT2D eigenvalue weighted by atomic mass is 10.00. The normalized spacial score (nSPS) is 11.2. The van der Waals surface area contributed by atoms with Crippen LogP contribution in [0.2, 0.25) is 0 Å². The molecule has 0 nitrogen and oxygen atoms in total. The van der Waals surface area contributed by atoms with E-state index < -0.39 is 0 Å². The van der Waals surface area contributed by atoms with E-state index in [1.165, 1.54) is 11.6 Å². The van der Waals surface area contributed by atoms with E-state index in [1.807, 2.05) is 12.1 Å². The van der Waals surface area contributed by atoms with Gasteiger partial charge in [-0.15, -0.1) is 0 Å². The van der Waals surface area contributed by atoms with Gasteiger partial charge in [0.15, 0.2) is 0 Å². The molecule has 0 aliphatic rings. The van der Waals surface area contributed by atoms with E-state index in [9.17, 15) is 4.39 Å². The van der Waals surface area contributed by atoms with Crippen molar-refractivity contribution in [1.82, 2.24) is 0 Å². The van der Waals surface area contributed by atoms with Crippen LogP contribution in [0.3, 0.4) is 0 Å². The molecule has 0 amide bonds. The second-order valence-corrected chi connectivity index (χ2v) is 4.42. The summed E-state index contributed by atoms with van der Waals surface area (Å²) in [5, 5.41) is 2.09. The van der Waals surface area contributed by atoms with E-state index in [4.69, 9.17) is 0 Å². The molecule has 0 unspecified atom stereocenters. The van der Waals surface area contributed by atoms with Crippen molar-refractivity contribution < 1.29 is 4.39 Å². The van der Waals surface area contributed by atoms with Gasteiger partial charge in [0.05, 0.1) is 0 Å². The summed E-state index contributed by atoms with van der Waals surface area (Å²) in [7, 11) is 0. The molecule has 1 heteroatoms. The van der Waals surface area contributed by atoms with Gasteiger partial charge in [-0.25, -0.2) is 4.39 Å². The third kappa shape index (κ3) is 2.35. The van der Waals surface area contributed by atoms with E-state index >= 15 is 0 Å². The standard InChI is InChI=1S/C14H15F/c1-10(2)7-11-3-4-13-9-14(15)6-5-12(13)8-11/h3-6,8-10H,7H2,1-2H3. The minimum Gasteiger partial charge on any atom is -0.207 e. The Morgan fingerprint density at radius 2 is 1.67 bits per heavy atom. The molecule has 2 aromatic rings. The molecule has 0 saturated carbocycles. The van der Waals surface area contributed by atoms with Crippen molar-refractivity contribution in [2.45, 2.75) is 20.3 Å². The maximum atomic E-state index is 12.9. The molecule has 0 saturated heterocycles. The van der Waals surface area contributed by atoms with Crippen LogP contribution in [0.4, 0.5) is 4.39 Å². The lowest BCUT2D eigenvalue weighted by Gasteiger charge is -2.06. The molecular weight excluding hydrogens is 187 g/mol. The third-order valence-corrected chi connectivity index (χ3v) is 2.51. The highest BCUT2D eigenvalue weighted by atomic mass is 19.1. The summed E-state index contributed by atoms with van der Waals surface area (Å²) < 4.78 is 12.9. The van der Waals surface area contributed by atoms with Gasteiger partial charge in [-0.1, -0.05) is 38.1 Å². The van der Waals surface area contributed by atoms with Crippen molar-refractivity contribution in [3.05, 3.63) is 47.8 Å². The SMILES string of the molecule is CC(C)Cc1ccc2cc(F)ccc2c1. The Kier molecular flexibility index (Phi) is 2.72. The summed E-state index contributed by atoms with van der Waals surface area (Å²) in [6, 6.07) is 11.2. The number of fused-ring (bicyclic) bond motifs is 1. The Morgan fingerprint density at radius 3 is 2.40 bits per heavy atom. The maximum Gasteiger partial charge on any atom is 0.123 e. The molecule has 0 heterocycles. The zero-order valence-electron chi connectivity index (χ0n) is 9.13. The highest BCUT2D eigenvalue weighted by Gasteiger charge is 2.00. The first kappa shape index (κ1) is 10.2. The minimum absolute atomic E-state index is 0.167. The lowest BCUT2D eigenvalue weighted by Crippen LogP contribution is -1.93. The van der Waals surface area contributed by atoms with Crippen LogP contribution < -0.4 is 0 Å². The molecule has 2 rings (SSSR count). The van der Waals surface area contributed by atoms with Gasteiger partial charge in [-0.05, 0) is 40.8 Å². The Hall–Kier alpha value is -1.37. The van der Waals surface area contributed by atoms with Gasteiger partial charge in [-0.2, -0.15) is 0 Å². The summed E-state index contributed by atoms with van der Waals surface area (Å²) >= 11 is 0. The average Bonchev–Trinajstić information content (AvgIpc) is 2.17. The first-order chi connectivity index (χ1) is 7.15. The van der Waals surface area contributed by atoms with Crippen LogP contribution in [-0.4, -0.2) is 0 Å². The molecule has 0 aromatic heterocycles. The van der Waals surface area contributed by atoms with Crippen LogP contribution in [0.25, 0.3) is 10.8 Å². The molecule has 15 heavy (non-hydrogen) atoms.